The summed E-state index contributed by atoms with van der Waals surface area (Å²) in [5, 5.41) is 3.77. The minimum atomic E-state index is 0.118. The van der Waals surface area contributed by atoms with Crippen LogP contribution in [0.15, 0.2) is 24.3 Å². The quantitative estimate of drug-likeness (QED) is 0.815. The van der Waals surface area contributed by atoms with Crippen LogP contribution in [0.5, 0.6) is 0 Å². The van der Waals surface area contributed by atoms with Gasteiger partial charge < -0.3 is 5.32 Å². The van der Waals surface area contributed by atoms with Crippen LogP contribution in [-0.4, -0.2) is 5.91 Å². The van der Waals surface area contributed by atoms with E-state index in [4.69, 9.17) is 0 Å². The molecule has 1 rings (SSSR count). The van der Waals surface area contributed by atoms with Crippen molar-refractivity contribution in [3.63, 3.8) is 0 Å². The summed E-state index contributed by atoms with van der Waals surface area (Å²) in [5.74, 6) is 0.240. The number of carbonyl (C=O) groups is 1. The number of alkyl halides is 1. The predicted molar refractivity (Wildman–Crippen MR) is 71.8 cm³/mol. The lowest BCUT2D eigenvalue weighted by Crippen LogP contribution is -2.21. The third kappa shape index (κ3) is 3.63. The van der Waals surface area contributed by atoms with Gasteiger partial charge in [-0.2, -0.15) is 0 Å². The van der Waals surface area contributed by atoms with Crippen molar-refractivity contribution in [3.05, 3.63) is 29.8 Å². The van der Waals surface area contributed by atoms with Gasteiger partial charge in [-0.25, -0.2) is 0 Å². The molecule has 1 N–H and O–H groups in total. The van der Waals surface area contributed by atoms with Gasteiger partial charge in [-0.3, -0.25) is 4.79 Å². The van der Waals surface area contributed by atoms with Crippen molar-refractivity contribution in [3.8, 4) is 0 Å². The van der Waals surface area contributed by atoms with Crippen LogP contribution in [0.4, 0.5) is 5.69 Å². The molecule has 0 atom stereocenters. The highest BCUT2D eigenvalue weighted by atomic mass is 79.9. The van der Waals surface area contributed by atoms with Crippen LogP contribution in [-0.2, 0) is 10.1 Å². The van der Waals surface area contributed by atoms with Gasteiger partial charge in [0.05, 0.1) is 0 Å². The number of anilines is 1. The summed E-state index contributed by atoms with van der Waals surface area (Å²) in [6.45, 7) is 4.09. The zero-order chi connectivity index (χ0) is 12.0. The van der Waals surface area contributed by atoms with Crippen molar-refractivity contribution in [2.24, 2.45) is 5.92 Å². The standard InChI is InChI=1S/C13H18BrNO/c1-3-11(4-2)13(16)15-12-7-5-6-10(8-12)9-14/h5-8,11H,3-4,9H2,1-2H3,(H,15,16). The fraction of sp³-hybridized carbons (Fsp3) is 0.462. The Kier molecular flexibility index (Phi) is 5.53. The Hall–Kier alpha value is -0.830. The zero-order valence-electron chi connectivity index (χ0n) is 9.79. The van der Waals surface area contributed by atoms with Gasteiger partial charge in [0.25, 0.3) is 0 Å². The molecule has 1 aromatic carbocycles. The van der Waals surface area contributed by atoms with Gasteiger partial charge in [0.1, 0.15) is 0 Å². The topological polar surface area (TPSA) is 29.1 Å². The maximum absolute atomic E-state index is 11.9. The van der Waals surface area contributed by atoms with Crippen molar-refractivity contribution < 1.29 is 4.79 Å². The lowest BCUT2D eigenvalue weighted by molar-refractivity contribution is -0.120. The third-order valence-corrected chi connectivity index (χ3v) is 3.35. The van der Waals surface area contributed by atoms with E-state index < -0.39 is 0 Å². The lowest BCUT2D eigenvalue weighted by atomic mass is 10.0. The molecule has 0 aromatic heterocycles. The molecule has 0 fully saturated rings. The number of rotatable bonds is 5. The van der Waals surface area contributed by atoms with E-state index in [1.807, 2.05) is 38.1 Å². The van der Waals surface area contributed by atoms with Crippen molar-refractivity contribution in [2.45, 2.75) is 32.0 Å². The summed E-state index contributed by atoms with van der Waals surface area (Å²) >= 11 is 3.40. The fourth-order valence-corrected chi connectivity index (χ4v) is 1.98. The molecule has 0 bridgehead atoms. The molecule has 1 amide bonds. The molecule has 0 saturated heterocycles. The van der Waals surface area contributed by atoms with Crippen LogP contribution >= 0.6 is 15.9 Å². The molecule has 0 spiro atoms. The SMILES string of the molecule is CCC(CC)C(=O)Nc1cccc(CBr)c1. The summed E-state index contributed by atoms with van der Waals surface area (Å²) in [6.07, 6.45) is 1.78. The summed E-state index contributed by atoms with van der Waals surface area (Å²) < 4.78 is 0. The average molecular weight is 284 g/mol. The molecule has 0 saturated carbocycles. The van der Waals surface area contributed by atoms with Crippen LogP contribution < -0.4 is 5.32 Å². The van der Waals surface area contributed by atoms with Crippen molar-refractivity contribution >= 4 is 27.5 Å². The van der Waals surface area contributed by atoms with Crippen LogP contribution in [0, 0.1) is 5.92 Å². The first-order chi connectivity index (χ1) is 7.71. The minimum absolute atomic E-state index is 0.118. The molecule has 0 unspecified atom stereocenters. The van der Waals surface area contributed by atoms with Crippen LogP contribution in [0.2, 0.25) is 0 Å². The molecule has 16 heavy (non-hydrogen) atoms. The fourth-order valence-electron chi connectivity index (χ4n) is 1.64. The van der Waals surface area contributed by atoms with Crippen LogP contribution in [0.3, 0.4) is 0 Å². The lowest BCUT2D eigenvalue weighted by Gasteiger charge is -2.13. The van der Waals surface area contributed by atoms with Gasteiger partial charge in [0.2, 0.25) is 5.91 Å². The molecule has 0 aliphatic heterocycles. The molecule has 88 valence electrons. The van der Waals surface area contributed by atoms with E-state index in [2.05, 4.69) is 21.2 Å². The van der Waals surface area contributed by atoms with Crippen LogP contribution in [0.25, 0.3) is 0 Å². The second kappa shape index (κ2) is 6.69. The van der Waals surface area contributed by atoms with Gasteiger partial charge in [0, 0.05) is 16.9 Å². The van der Waals surface area contributed by atoms with Gasteiger partial charge in [0.15, 0.2) is 0 Å². The second-order valence-corrected chi connectivity index (χ2v) is 4.40. The van der Waals surface area contributed by atoms with E-state index in [1.54, 1.807) is 0 Å². The molecule has 0 heterocycles. The van der Waals surface area contributed by atoms with E-state index in [0.29, 0.717) is 0 Å². The molecule has 3 heteroatoms. The summed E-state index contributed by atoms with van der Waals surface area (Å²) in [4.78, 5) is 11.9. The highest BCUT2D eigenvalue weighted by Crippen LogP contribution is 2.16. The number of nitrogens with one attached hydrogen (secondary N) is 1. The Morgan fingerprint density at radius 3 is 2.62 bits per heavy atom. The van der Waals surface area contributed by atoms with Gasteiger partial charge in [-0.1, -0.05) is 41.9 Å². The Bertz CT molecular complexity index is 348. The molecule has 0 aliphatic rings. The first kappa shape index (κ1) is 13.2. The number of carbonyl (C=O) groups excluding carboxylic acids is 1. The predicted octanol–water partition coefficient (Wildman–Crippen LogP) is 3.96. The van der Waals surface area contributed by atoms with Gasteiger partial charge in [-0.15, -0.1) is 0 Å². The summed E-state index contributed by atoms with van der Waals surface area (Å²) in [6, 6.07) is 7.90. The van der Waals surface area contributed by atoms with Gasteiger partial charge >= 0.3 is 0 Å². The van der Waals surface area contributed by atoms with Crippen molar-refractivity contribution in [1.29, 1.82) is 0 Å². The normalized spacial score (nSPS) is 10.5. The molecule has 0 aliphatic carbocycles. The number of hydrogen-bond donors (Lipinski definition) is 1. The van der Waals surface area contributed by atoms with E-state index in [9.17, 15) is 4.79 Å². The first-order valence-electron chi connectivity index (χ1n) is 5.67. The largest absolute Gasteiger partial charge is 0.326 e. The molecule has 1 aromatic rings. The van der Waals surface area contributed by atoms with E-state index in [-0.39, 0.29) is 11.8 Å². The Morgan fingerprint density at radius 1 is 1.38 bits per heavy atom. The Morgan fingerprint density at radius 2 is 2.06 bits per heavy atom. The number of amides is 1. The minimum Gasteiger partial charge on any atom is -0.326 e. The highest BCUT2D eigenvalue weighted by molar-refractivity contribution is 9.08. The molecule has 0 radical (unpaired) electrons. The van der Waals surface area contributed by atoms with Crippen molar-refractivity contribution in [2.75, 3.05) is 5.32 Å². The Labute approximate surface area is 106 Å². The van der Waals surface area contributed by atoms with Crippen molar-refractivity contribution in [1.82, 2.24) is 0 Å². The van der Waals surface area contributed by atoms with Crippen LogP contribution in [0.1, 0.15) is 32.3 Å². The number of benzene rings is 1. The summed E-state index contributed by atoms with van der Waals surface area (Å²) in [5.41, 5.74) is 2.05. The van der Waals surface area contributed by atoms with E-state index in [0.717, 1.165) is 23.9 Å². The van der Waals surface area contributed by atoms with E-state index in [1.165, 1.54) is 5.56 Å². The zero-order valence-corrected chi connectivity index (χ0v) is 11.4. The highest BCUT2D eigenvalue weighted by Gasteiger charge is 2.13. The summed E-state index contributed by atoms with van der Waals surface area (Å²) in [7, 11) is 0. The van der Waals surface area contributed by atoms with Gasteiger partial charge in [-0.05, 0) is 30.5 Å². The molecular formula is C13H18BrNO. The number of hydrogen-bond acceptors (Lipinski definition) is 1. The number of halogens is 1. The monoisotopic (exact) mass is 283 g/mol. The second-order valence-electron chi connectivity index (χ2n) is 3.84. The van der Waals surface area contributed by atoms with E-state index >= 15 is 0 Å². The average Bonchev–Trinajstić information content (AvgIpc) is 2.31. The Balaban J connectivity index is 2.68. The third-order valence-electron chi connectivity index (χ3n) is 2.71. The maximum Gasteiger partial charge on any atom is 0.227 e. The molecule has 2 nitrogen and oxygen atoms in total. The first-order valence-corrected chi connectivity index (χ1v) is 6.79. The maximum atomic E-state index is 11.9. The molecular weight excluding hydrogens is 266 g/mol. The smallest absolute Gasteiger partial charge is 0.227 e.